The van der Waals surface area contributed by atoms with E-state index in [2.05, 4.69) is 5.10 Å². The van der Waals surface area contributed by atoms with Gasteiger partial charge >= 0.3 is 12.2 Å². The lowest BCUT2D eigenvalue weighted by Gasteiger charge is -2.35. The number of carbonyl (C=O) groups excluding carboxylic acids is 2. The summed E-state index contributed by atoms with van der Waals surface area (Å²) >= 11 is 0. The van der Waals surface area contributed by atoms with E-state index in [0.717, 1.165) is 29.7 Å². The summed E-state index contributed by atoms with van der Waals surface area (Å²) in [5.41, 5.74) is 0.787. The Morgan fingerprint density at radius 1 is 1.05 bits per heavy atom. The maximum absolute atomic E-state index is 13.8. The first-order valence-electron chi connectivity index (χ1n) is 13.4. The molecule has 1 aromatic carbocycles. The van der Waals surface area contributed by atoms with Crippen molar-refractivity contribution in [2.24, 2.45) is 0 Å². The fourth-order valence-electron chi connectivity index (χ4n) is 5.79. The number of piperidine rings is 1. The summed E-state index contributed by atoms with van der Waals surface area (Å²) in [6.45, 7) is 4.80. The number of hydroxylamine groups is 2. The molecule has 0 bridgehead atoms. The second kappa shape index (κ2) is 10.2. The lowest BCUT2D eigenvalue weighted by atomic mass is 9.97. The number of nitrogens with zero attached hydrogens (tertiary/aromatic N) is 5. The Bertz CT molecular complexity index is 1180. The van der Waals surface area contributed by atoms with Crippen molar-refractivity contribution >= 4 is 11.9 Å². The van der Waals surface area contributed by atoms with Crippen LogP contribution < -0.4 is 0 Å². The highest BCUT2D eigenvalue weighted by atomic mass is 19.4. The lowest BCUT2D eigenvalue weighted by Crippen LogP contribution is -2.48. The second-order valence-corrected chi connectivity index (χ2v) is 10.8. The quantitative estimate of drug-likeness (QED) is 0.400. The summed E-state index contributed by atoms with van der Waals surface area (Å²) in [6, 6.07) is 4.16. The van der Waals surface area contributed by atoms with E-state index in [1.54, 1.807) is 35.9 Å². The van der Waals surface area contributed by atoms with Gasteiger partial charge in [0.25, 0.3) is 5.91 Å². The molecule has 1 aromatic heterocycles. The number of halogens is 3. The van der Waals surface area contributed by atoms with Crippen LogP contribution >= 0.6 is 0 Å². The van der Waals surface area contributed by atoms with Crippen LogP contribution in [0.1, 0.15) is 97.6 Å². The van der Waals surface area contributed by atoms with Gasteiger partial charge in [-0.3, -0.25) is 14.7 Å². The first-order valence-corrected chi connectivity index (χ1v) is 13.4. The number of benzene rings is 1. The van der Waals surface area contributed by atoms with Crippen LogP contribution in [0.25, 0.3) is 0 Å². The van der Waals surface area contributed by atoms with Gasteiger partial charge in [-0.15, -0.1) is 0 Å². The van der Waals surface area contributed by atoms with Crippen molar-refractivity contribution in [1.82, 2.24) is 24.6 Å². The Balaban J connectivity index is 1.37. The number of carbonyl (C=O) groups is 2. The zero-order chi connectivity index (χ0) is 27.2. The van der Waals surface area contributed by atoms with Crippen LogP contribution in [0.2, 0.25) is 0 Å². The Morgan fingerprint density at radius 3 is 2.37 bits per heavy atom. The maximum Gasteiger partial charge on any atom is 0.416 e. The Morgan fingerprint density at radius 2 is 1.74 bits per heavy atom. The van der Waals surface area contributed by atoms with Gasteiger partial charge in [-0.05, 0) is 64.0 Å². The first-order chi connectivity index (χ1) is 18.1. The minimum atomic E-state index is -4.49. The highest BCUT2D eigenvalue weighted by molar-refractivity contribution is 5.96. The van der Waals surface area contributed by atoms with E-state index < -0.39 is 23.8 Å². The van der Waals surface area contributed by atoms with Crippen LogP contribution in [-0.4, -0.2) is 67.5 Å². The molecule has 1 unspecified atom stereocenters. The highest BCUT2D eigenvalue weighted by Crippen LogP contribution is 2.45. The molecule has 3 aliphatic rings. The van der Waals surface area contributed by atoms with Crippen molar-refractivity contribution in [2.45, 2.75) is 82.6 Å². The van der Waals surface area contributed by atoms with E-state index in [4.69, 9.17) is 0 Å². The summed E-state index contributed by atoms with van der Waals surface area (Å²) < 4.78 is 43.1. The minimum Gasteiger partial charge on any atom is -0.331 e. The third-order valence-electron chi connectivity index (χ3n) is 7.93. The molecule has 2 aliphatic heterocycles. The highest BCUT2D eigenvalue weighted by Gasteiger charge is 2.42. The smallest absolute Gasteiger partial charge is 0.331 e. The number of likely N-dealkylation sites (tertiary alicyclic amines) is 2. The van der Waals surface area contributed by atoms with Gasteiger partial charge in [0.05, 0.1) is 41.1 Å². The molecule has 38 heavy (non-hydrogen) atoms. The molecule has 1 atom stereocenters. The van der Waals surface area contributed by atoms with Gasteiger partial charge in [-0.1, -0.05) is 18.2 Å². The molecular formula is C27H34F3N5O3. The predicted octanol–water partition coefficient (Wildman–Crippen LogP) is 5.61. The van der Waals surface area contributed by atoms with E-state index >= 15 is 0 Å². The summed E-state index contributed by atoms with van der Waals surface area (Å²) in [7, 11) is 0. The molecule has 1 N–H and O–H groups in total. The van der Waals surface area contributed by atoms with Gasteiger partial charge in [0.15, 0.2) is 0 Å². The Labute approximate surface area is 219 Å². The van der Waals surface area contributed by atoms with Crippen LogP contribution in [0.15, 0.2) is 30.5 Å². The number of hydrogen-bond acceptors (Lipinski definition) is 4. The van der Waals surface area contributed by atoms with Gasteiger partial charge in [0.1, 0.15) is 0 Å². The van der Waals surface area contributed by atoms with Crippen molar-refractivity contribution in [3.8, 4) is 0 Å². The van der Waals surface area contributed by atoms with Gasteiger partial charge in [-0.25, -0.2) is 9.86 Å². The molecule has 0 radical (unpaired) electrons. The van der Waals surface area contributed by atoms with Crippen molar-refractivity contribution in [1.29, 1.82) is 0 Å². The minimum absolute atomic E-state index is 0.00252. The summed E-state index contributed by atoms with van der Waals surface area (Å²) in [6.07, 6.45) is 1.37. The van der Waals surface area contributed by atoms with Crippen LogP contribution in [-0.2, 0) is 6.18 Å². The molecular weight excluding hydrogens is 499 g/mol. The van der Waals surface area contributed by atoms with Crippen LogP contribution in [0.5, 0.6) is 0 Å². The van der Waals surface area contributed by atoms with Crippen molar-refractivity contribution in [3.05, 3.63) is 52.8 Å². The molecule has 11 heteroatoms. The molecule has 0 spiro atoms. The van der Waals surface area contributed by atoms with Crippen molar-refractivity contribution in [2.75, 3.05) is 19.6 Å². The van der Waals surface area contributed by atoms with Crippen LogP contribution in [0, 0.1) is 0 Å². The molecule has 8 nitrogen and oxygen atoms in total. The molecule has 2 aromatic rings. The molecule has 5 rings (SSSR count). The third kappa shape index (κ3) is 5.00. The zero-order valence-corrected chi connectivity index (χ0v) is 21.7. The van der Waals surface area contributed by atoms with E-state index in [1.807, 2.05) is 4.68 Å². The molecule has 1 aliphatic carbocycles. The number of urea groups is 1. The van der Waals surface area contributed by atoms with Gasteiger partial charge in [0, 0.05) is 25.6 Å². The van der Waals surface area contributed by atoms with Gasteiger partial charge in [0.2, 0.25) is 0 Å². The molecule has 206 valence electrons. The van der Waals surface area contributed by atoms with Gasteiger partial charge in [-0.2, -0.15) is 18.3 Å². The summed E-state index contributed by atoms with van der Waals surface area (Å²) in [4.78, 5) is 29.5. The number of alkyl halides is 3. The zero-order valence-electron chi connectivity index (χ0n) is 21.7. The monoisotopic (exact) mass is 533 g/mol. The average Bonchev–Trinajstić information content (AvgIpc) is 3.45. The third-order valence-corrected chi connectivity index (χ3v) is 7.93. The summed E-state index contributed by atoms with van der Waals surface area (Å²) in [5, 5.41) is 15.4. The molecule has 2 saturated heterocycles. The van der Waals surface area contributed by atoms with Crippen molar-refractivity contribution in [3.63, 3.8) is 0 Å². The second-order valence-electron chi connectivity index (χ2n) is 10.8. The Kier molecular flexibility index (Phi) is 7.15. The summed E-state index contributed by atoms with van der Waals surface area (Å²) in [5.74, 6) is -0.0633. The SMILES string of the molecule is CC(C)N(O)C(=O)N1CCC(n2ncc(C(=O)N3CCCC3c3ccccc3C(F)(F)F)c2C2CC2)CC1. The number of rotatable bonds is 5. The number of hydrogen-bond donors (Lipinski definition) is 1. The maximum atomic E-state index is 13.8. The topological polar surface area (TPSA) is 81.9 Å². The van der Waals surface area contributed by atoms with Gasteiger partial charge < -0.3 is 9.80 Å². The fraction of sp³-hybridized carbons (Fsp3) is 0.593. The first kappa shape index (κ1) is 26.5. The van der Waals surface area contributed by atoms with E-state index in [0.29, 0.717) is 50.9 Å². The van der Waals surface area contributed by atoms with Crippen LogP contribution in [0.3, 0.4) is 0 Å². The normalized spacial score (nSPS) is 20.9. The van der Waals surface area contributed by atoms with E-state index in [-0.39, 0.29) is 29.5 Å². The number of aromatic nitrogens is 2. The molecule has 3 heterocycles. The molecule has 3 fully saturated rings. The van der Waals surface area contributed by atoms with E-state index in [9.17, 15) is 28.0 Å². The lowest BCUT2D eigenvalue weighted by molar-refractivity contribution is -0.138. The largest absolute Gasteiger partial charge is 0.416 e. The standard InChI is InChI=1S/C27H34F3N5O3/c1-17(2)35(38)26(37)32-14-11-19(12-15-32)34-24(18-9-10-18)21(16-31-34)25(36)33-13-5-8-23(33)20-6-3-4-7-22(20)27(28,29)30/h3-4,6-7,16-19,23,38H,5,8-15H2,1-2H3. The number of amides is 3. The average molecular weight is 534 g/mol. The Hall–Kier alpha value is -3.08. The predicted molar refractivity (Wildman–Crippen MR) is 133 cm³/mol. The molecule has 3 amide bonds. The fourth-order valence-corrected chi connectivity index (χ4v) is 5.79. The van der Waals surface area contributed by atoms with Crippen LogP contribution in [0.4, 0.5) is 18.0 Å². The molecule has 1 saturated carbocycles. The van der Waals surface area contributed by atoms with E-state index in [1.165, 1.54) is 12.1 Å². The van der Waals surface area contributed by atoms with Crippen molar-refractivity contribution < 1.29 is 28.0 Å².